The van der Waals surface area contributed by atoms with E-state index in [2.05, 4.69) is 5.32 Å². The van der Waals surface area contributed by atoms with E-state index in [9.17, 15) is 15.2 Å². The Morgan fingerprint density at radius 1 is 1.56 bits per heavy atom. The lowest BCUT2D eigenvalue weighted by molar-refractivity contribution is -0.383. The van der Waals surface area contributed by atoms with Crippen LogP contribution in [0.2, 0.25) is 5.02 Å². The molecule has 2 atom stereocenters. The number of para-hydroxylation sites is 1. The van der Waals surface area contributed by atoms with Gasteiger partial charge in [-0.1, -0.05) is 31.5 Å². The molecular formula is C12H15ClN2O3. The predicted molar refractivity (Wildman–Crippen MR) is 69.9 cm³/mol. The molecule has 2 unspecified atom stereocenters. The number of rotatable bonds is 3. The SMILES string of the molecule is CC1(C)C(O)CC1Nc1cccc(Cl)c1[N+](=O)[O-]. The van der Waals surface area contributed by atoms with Crippen LogP contribution in [0.25, 0.3) is 0 Å². The highest BCUT2D eigenvalue weighted by Crippen LogP contribution is 2.44. The summed E-state index contributed by atoms with van der Waals surface area (Å²) in [6.07, 6.45) is 0.199. The molecule has 6 heteroatoms. The van der Waals surface area contributed by atoms with Crippen molar-refractivity contribution in [2.45, 2.75) is 32.4 Å². The molecule has 0 bridgehead atoms. The Morgan fingerprint density at radius 3 is 2.72 bits per heavy atom. The van der Waals surface area contributed by atoms with E-state index >= 15 is 0 Å². The number of nitrogens with zero attached hydrogens (tertiary/aromatic N) is 1. The molecule has 1 aliphatic rings. The van der Waals surface area contributed by atoms with Gasteiger partial charge < -0.3 is 10.4 Å². The maximum atomic E-state index is 11.0. The molecule has 2 rings (SSSR count). The molecule has 0 heterocycles. The third kappa shape index (κ3) is 2.04. The zero-order valence-electron chi connectivity index (χ0n) is 10.2. The van der Waals surface area contributed by atoms with Crippen LogP contribution in [-0.4, -0.2) is 22.2 Å². The van der Waals surface area contributed by atoms with Crippen LogP contribution in [0.3, 0.4) is 0 Å². The van der Waals surface area contributed by atoms with Gasteiger partial charge in [0.05, 0.1) is 11.0 Å². The topological polar surface area (TPSA) is 75.4 Å². The summed E-state index contributed by atoms with van der Waals surface area (Å²) in [6, 6.07) is 4.79. The Hall–Kier alpha value is -1.33. The summed E-state index contributed by atoms with van der Waals surface area (Å²) >= 11 is 5.84. The summed E-state index contributed by atoms with van der Waals surface area (Å²) in [5.41, 5.74) is -0.00950. The molecule has 18 heavy (non-hydrogen) atoms. The highest BCUT2D eigenvalue weighted by atomic mass is 35.5. The lowest BCUT2D eigenvalue weighted by Gasteiger charge is -2.49. The lowest BCUT2D eigenvalue weighted by atomic mass is 9.64. The highest BCUT2D eigenvalue weighted by molar-refractivity contribution is 6.33. The van der Waals surface area contributed by atoms with E-state index in [1.807, 2.05) is 13.8 Å². The van der Waals surface area contributed by atoms with Gasteiger partial charge in [-0.2, -0.15) is 0 Å². The van der Waals surface area contributed by atoms with Crippen molar-refractivity contribution in [1.82, 2.24) is 0 Å². The molecule has 5 nitrogen and oxygen atoms in total. The van der Waals surface area contributed by atoms with Crippen LogP contribution in [0, 0.1) is 15.5 Å². The van der Waals surface area contributed by atoms with E-state index in [1.54, 1.807) is 12.1 Å². The number of nitro benzene ring substituents is 1. The number of anilines is 1. The van der Waals surface area contributed by atoms with Crippen molar-refractivity contribution in [2.24, 2.45) is 5.41 Å². The molecular weight excluding hydrogens is 256 g/mol. The fourth-order valence-electron chi connectivity index (χ4n) is 2.15. The molecule has 1 aliphatic carbocycles. The molecule has 1 aromatic carbocycles. The molecule has 0 radical (unpaired) electrons. The van der Waals surface area contributed by atoms with Crippen molar-refractivity contribution in [2.75, 3.05) is 5.32 Å². The van der Waals surface area contributed by atoms with Crippen LogP contribution < -0.4 is 5.32 Å². The predicted octanol–water partition coefficient (Wildman–Crippen LogP) is 2.82. The first kappa shape index (κ1) is 13.1. The average Bonchev–Trinajstić information content (AvgIpc) is 2.28. The van der Waals surface area contributed by atoms with Crippen LogP contribution in [-0.2, 0) is 0 Å². The van der Waals surface area contributed by atoms with Crippen LogP contribution in [0.1, 0.15) is 20.3 Å². The molecule has 1 aromatic rings. The van der Waals surface area contributed by atoms with E-state index in [1.165, 1.54) is 6.07 Å². The molecule has 1 fully saturated rings. The smallest absolute Gasteiger partial charge is 0.310 e. The van der Waals surface area contributed by atoms with E-state index in [-0.39, 0.29) is 28.3 Å². The zero-order chi connectivity index (χ0) is 13.5. The Balaban J connectivity index is 2.26. The fraction of sp³-hybridized carbons (Fsp3) is 0.500. The minimum Gasteiger partial charge on any atom is -0.392 e. The summed E-state index contributed by atoms with van der Waals surface area (Å²) in [4.78, 5) is 10.5. The first-order valence-electron chi connectivity index (χ1n) is 5.71. The summed E-state index contributed by atoms with van der Waals surface area (Å²) in [7, 11) is 0. The van der Waals surface area contributed by atoms with Gasteiger partial charge in [0.1, 0.15) is 10.7 Å². The van der Waals surface area contributed by atoms with Crippen LogP contribution in [0.4, 0.5) is 11.4 Å². The van der Waals surface area contributed by atoms with Gasteiger partial charge in [-0.3, -0.25) is 10.1 Å². The number of hydrogen-bond acceptors (Lipinski definition) is 4. The summed E-state index contributed by atoms with van der Waals surface area (Å²) < 4.78 is 0. The third-order valence-electron chi connectivity index (χ3n) is 3.71. The van der Waals surface area contributed by atoms with Gasteiger partial charge in [0.15, 0.2) is 0 Å². The summed E-state index contributed by atoms with van der Waals surface area (Å²) in [6.45, 7) is 3.85. The Morgan fingerprint density at radius 2 is 2.22 bits per heavy atom. The first-order valence-corrected chi connectivity index (χ1v) is 6.09. The van der Waals surface area contributed by atoms with E-state index in [0.29, 0.717) is 12.1 Å². The van der Waals surface area contributed by atoms with Gasteiger partial charge in [0, 0.05) is 11.5 Å². The van der Waals surface area contributed by atoms with E-state index in [0.717, 1.165) is 0 Å². The van der Waals surface area contributed by atoms with Gasteiger partial charge in [-0.25, -0.2) is 0 Å². The second-order valence-electron chi connectivity index (χ2n) is 5.16. The maximum Gasteiger partial charge on any atom is 0.310 e. The summed E-state index contributed by atoms with van der Waals surface area (Å²) in [5.74, 6) is 0. The average molecular weight is 271 g/mol. The van der Waals surface area contributed by atoms with E-state index in [4.69, 9.17) is 11.6 Å². The Kier molecular flexibility index (Phi) is 3.21. The zero-order valence-corrected chi connectivity index (χ0v) is 10.9. The Labute approximate surface area is 110 Å². The third-order valence-corrected chi connectivity index (χ3v) is 4.02. The number of aliphatic hydroxyl groups is 1. The standard InChI is InChI=1S/C12H15ClN2O3/c1-12(2)9(6-10(12)16)14-8-5-3-4-7(13)11(8)15(17)18/h3-5,9-10,14,16H,6H2,1-2H3. The van der Waals surface area contributed by atoms with Gasteiger partial charge in [-0.05, 0) is 18.6 Å². The molecule has 1 saturated carbocycles. The molecule has 0 aliphatic heterocycles. The number of benzene rings is 1. The largest absolute Gasteiger partial charge is 0.392 e. The van der Waals surface area contributed by atoms with Gasteiger partial charge in [0.2, 0.25) is 0 Å². The van der Waals surface area contributed by atoms with Gasteiger partial charge in [-0.15, -0.1) is 0 Å². The van der Waals surface area contributed by atoms with Crippen molar-refractivity contribution < 1.29 is 10.0 Å². The van der Waals surface area contributed by atoms with E-state index < -0.39 is 4.92 Å². The molecule has 0 saturated heterocycles. The van der Waals surface area contributed by atoms with Crippen molar-refractivity contribution in [3.63, 3.8) is 0 Å². The molecule has 0 aromatic heterocycles. The van der Waals surface area contributed by atoms with Crippen LogP contribution in [0.5, 0.6) is 0 Å². The lowest BCUT2D eigenvalue weighted by Crippen LogP contribution is -2.56. The quantitative estimate of drug-likeness (QED) is 0.654. The monoisotopic (exact) mass is 270 g/mol. The van der Waals surface area contributed by atoms with Crippen molar-refractivity contribution in [3.8, 4) is 0 Å². The van der Waals surface area contributed by atoms with Crippen molar-refractivity contribution >= 4 is 23.0 Å². The minimum atomic E-state index is -0.493. The maximum absolute atomic E-state index is 11.0. The number of nitrogens with one attached hydrogen (secondary N) is 1. The molecule has 2 N–H and O–H groups in total. The molecule has 0 spiro atoms. The molecule has 98 valence electrons. The second kappa shape index (κ2) is 4.40. The first-order chi connectivity index (χ1) is 8.34. The second-order valence-corrected chi connectivity index (χ2v) is 5.57. The number of aliphatic hydroxyl groups excluding tert-OH is 1. The normalized spacial score (nSPS) is 25.3. The number of hydrogen-bond donors (Lipinski definition) is 2. The van der Waals surface area contributed by atoms with Crippen LogP contribution >= 0.6 is 11.6 Å². The fourth-order valence-corrected chi connectivity index (χ4v) is 2.40. The summed E-state index contributed by atoms with van der Waals surface area (Å²) in [5, 5.41) is 23.9. The van der Waals surface area contributed by atoms with Crippen LogP contribution in [0.15, 0.2) is 18.2 Å². The van der Waals surface area contributed by atoms with Crippen molar-refractivity contribution in [3.05, 3.63) is 33.3 Å². The number of nitro groups is 1. The van der Waals surface area contributed by atoms with Crippen molar-refractivity contribution in [1.29, 1.82) is 0 Å². The number of halogens is 1. The van der Waals surface area contributed by atoms with Gasteiger partial charge in [0.25, 0.3) is 0 Å². The van der Waals surface area contributed by atoms with Gasteiger partial charge >= 0.3 is 5.69 Å². The minimum absolute atomic E-state index is 0.00432. The highest BCUT2D eigenvalue weighted by Gasteiger charge is 2.47. The Bertz CT molecular complexity index is 490. The molecule has 0 amide bonds.